The van der Waals surface area contributed by atoms with Crippen molar-refractivity contribution in [3.05, 3.63) is 47.8 Å². The van der Waals surface area contributed by atoms with Crippen molar-refractivity contribution in [2.45, 2.75) is 12.8 Å². The van der Waals surface area contributed by atoms with Gasteiger partial charge < -0.3 is 14.5 Å². The number of para-hydroxylation sites is 1. The summed E-state index contributed by atoms with van der Waals surface area (Å²) >= 11 is 0. The average molecular weight is 281 g/mol. The van der Waals surface area contributed by atoms with Gasteiger partial charge in [0.05, 0.1) is 18.0 Å². The Balaban J connectivity index is 1.75. The van der Waals surface area contributed by atoms with Crippen molar-refractivity contribution in [1.29, 1.82) is 0 Å². The number of aromatic amines is 1. The lowest BCUT2D eigenvalue weighted by atomic mass is 10.0. The van der Waals surface area contributed by atoms with E-state index in [1.54, 1.807) is 0 Å². The van der Waals surface area contributed by atoms with E-state index in [-0.39, 0.29) is 5.92 Å². The summed E-state index contributed by atoms with van der Waals surface area (Å²) in [5.74, 6) is 2.55. The molecule has 0 saturated carbocycles. The average Bonchev–Trinajstić information content (AvgIpc) is 3.10. The molecule has 2 aromatic heterocycles. The van der Waals surface area contributed by atoms with Crippen molar-refractivity contribution in [2.75, 3.05) is 13.2 Å². The maximum Gasteiger partial charge on any atom is 0.215 e. The van der Waals surface area contributed by atoms with Gasteiger partial charge in [-0.3, -0.25) is 0 Å². The second-order valence-electron chi connectivity index (χ2n) is 4.98. The molecule has 0 amide bonds. The molecular formula is C16H15N3O2. The van der Waals surface area contributed by atoms with E-state index in [0.29, 0.717) is 24.7 Å². The molecule has 1 aromatic carbocycles. The number of imidazole rings is 1. The van der Waals surface area contributed by atoms with Crippen molar-refractivity contribution in [1.82, 2.24) is 15.0 Å². The van der Waals surface area contributed by atoms with E-state index in [2.05, 4.69) is 21.0 Å². The number of hydrogen-bond acceptors (Lipinski definition) is 4. The maximum absolute atomic E-state index is 5.72. The van der Waals surface area contributed by atoms with Crippen LogP contribution < -0.4 is 9.47 Å². The van der Waals surface area contributed by atoms with Crippen molar-refractivity contribution in [2.24, 2.45) is 0 Å². The fraction of sp³-hybridized carbons (Fsp3) is 0.250. The fourth-order valence-corrected chi connectivity index (χ4v) is 2.68. The zero-order valence-electron chi connectivity index (χ0n) is 11.7. The Hall–Kier alpha value is -2.56. The van der Waals surface area contributed by atoms with Crippen molar-refractivity contribution in [3.8, 4) is 11.6 Å². The Morgan fingerprint density at radius 3 is 3.05 bits per heavy atom. The van der Waals surface area contributed by atoms with Gasteiger partial charge in [0.1, 0.15) is 18.2 Å². The first-order valence-electron chi connectivity index (χ1n) is 7.06. The molecule has 1 aliphatic rings. The van der Waals surface area contributed by atoms with Crippen LogP contribution in [0.2, 0.25) is 0 Å². The molecular weight excluding hydrogens is 266 g/mol. The number of H-pyrrole nitrogens is 1. The van der Waals surface area contributed by atoms with Crippen LogP contribution in [0, 0.1) is 0 Å². The molecule has 3 heterocycles. The number of fused-ring (bicyclic) bond motifs is 2. The molecule has 0 aliphatic carbocycles. The van der Waals surface area contributed by atoms with E-state index in [4.69, 9.17) is 9.47 Å². The molecule has 1 N–H and O–H groups in total. The third kappa shape index (κ3) is 2.01. The van der Waals surface area contributed by atoms with Gasteiger partial charge in [-0.05, 0) is 19.1 Å². The minimum atomic E-state index is 0.131. The highest BCUT2D eigenvalue weighted by Gasteiger charge is 2.28. The minimum Gasteiger partial charge on any atom is -0.492 e. The second kappa shape index (κ2) is 4.77. The van der Waals surface area contributed by atoms with Crippen LogP contribution in [0.5, 0.6) is 11.6 Å². The zero-order valence-corrected chi connectivity index (χ0v) is 11.7. The van der Waals surface area contributed by atoms with E-state index >= 15 is 0 Å². The predicted molar refractivity (Wildman–Crippen MR) is 78.8 cm³/mol. The summed E-state index contributed by atoms with van der Waals surface area (Å²) < 4.78 is 11.1. The van der Waals surface area contributed by atoms with Crippen LogP contribution in [0.25, 0.3) is 11.2 Å². The number of benzene rings is 1. The van der Waals surface area contributed by atoms with Gasteiger partial charge in [0, 0.05) is 11.6 Å². The molecule has 21 heavy (non-hydrogen) atoms. The van der Waals surface area contributed by atoms with Gasteiger partial charge in [-0.25, -0.2) is 4.98 Å². The number of rotatable bonds is 3. The zero-order chi connectivity index (χ0) is 14.2. The summed E-state index contributed by atoms with van der Waals surface area (Å²) in [4.78, 5) is 12.4. The largest absolute Gasteiger partial charge is 0.492 e. The molecule has 1 aliphatic heterocycles. The monoisotopic (exact) mass is 281 g/mol. The van der Waals surface area contributed by atoms with Crippen LogP contribution in [-0.4, -0.2) is 28.2 Å². The lowest BCUT2D eigenvalue weighted by Crippen LogP contribution is -2.04. The molecule has 0 fully saturated rings. The fourth-order valence-electron chi connectivity index (χ4n) is 2.68. The number of hydrogen-bond donors (Lipinski definition) is 1. The number of ether oxygens (including phenoxy) is 2. The first-order chi connectivity index (χ1) is 10.3. The summed E-state index contributed by atoms with van der Waals surface area (Å²) in [6, 6.07) is 11.9. The first kappa shape index (κ1) is 12.2. The maximum atomic E-state index is 5.72. The number of aromatic nitrogens is 3. The lowest BCUT2D eigenvalue weighted by molar-refractivity contribution is 0.328. The number of nitrogens with zero attached hydrogens (tertiary/aromatic N) is 2. The summed E-state index contributed by atoms with van der Waals surface area (Å²) in [6.45, 7) is 3.14. The van der Waals surface area contributed by atoms with Crippen LogP contribution >= 0.6 is 0 Å². The molecule has 0 radical (unpaired) electrons. The van der Waals surface area contributed by atoms with Crippen LogP contribution in [0.15, 0.2) is 36.4 Å². The van der Waals surface area contributed by atoms with E-state index < -0.39 is 0 Å². The van der Waals surface area contributed by atoms with Crippen LogP contribution in [-0.2, 0) is 0 Å². The summed E-state index contributed by atoms with van der Waals surface area (Å²) in [5, 5.41) is 0. The van der Waals surface area contributed by atoms with Gasteiger partial charge in [-0.1, -0.05) is 18.2 Å². The molecule has 4 rings (SSSR count). The molecule has 0 spiro atoms. The molecule has 3 aromatic rings. The molecule has 0 saturated heterocycles. The van der Waals surface area contributed by atoms with Crippen molar-refractivity contribution >= 4 is 11.2 Å². The van der Waals surface area contributed by atoms with E-state index in [1.807, 2.05) is 37.3 Å². The van der Waals surface area contributed by atoms with E-state index in [0.717, 1.165) is 17.1 Å². The van der Waals surface area contributed by atoms with E-state index in [1.165, 1.54) is 5.56 Å². The van der Waals surface area contributed by atoms with Crippen LogP contribution in [0.1, 0.15) is 24.2 Å². The molecule has 1 atom stereocenters. The second-order valence-corrected chi connectivity index (χ2v) is 4.98. The standard InChI is InChI=1S/C16H15N3O2/c1-2-20-14-8-7-12-16(18-14)19-15(17-12)11-9-21-13-6-4-3-5-10(11)13/h3-8,11H,2,9H2,1H3,(H,17,18,19). The van der Waals surface area contributed by atoms with Gasteiger partial charge in [-0.15, -0.1) is 0 Å². The van der Waals surface area contributed by atoms with Crippen molar-refractivity contribution in [3.63, 3.8) is 0 Å². The number of pyridine rings is 1. The Kier molecular flexibility index (Phi) is 2.77. The van der Waals surface area contributed by atoms with Crippen molar-refractivity contribution < 1.29 is 9.47 Å². The molecule has 106 valence electrons. The summed E-state index contributed by atoms with van der Waals surface area (Å²) in [7, 11) is 0. The van der Waals surface area contributed by atoms with Crippen LogP contribution in [0.4, 0.5) is 0 Å². The molecule has 0 bridgehead atoms. The van der Waals surface area contributed by atoms with Gasteiger partial charge in [0.15, 0.2) is 5.65 Å². The van der Waals surface area contributed by atoms with E-state index in [9.17, 15) is 0 Å². The van der Waals surface area contributed by atoms with Gasteiger partial charge in [-0.2, -0.15) is 4.98 Å². The Morgan fingerprint density at radius 1 is 1.24 bits per heavy atom. The Morgan fingerprint density at radius 2 is 2.14 bits per heavy atom. The summed E-state index contributed by atoms with van der Waals surface area (Å²) in [6.07, 6.45) is 0. The van der Waals surface area contributed by atoms with Crippen LogP contribution in [0.3, 0.4) is 0 Å². The smallest absolute Gasteiger partial charge is 0.215 e. The first-order valence-corrected chi connectivity index (χ1v) is 7.06. The third-order valence-corrected chi connectivity index (χ3v) is 3.66. The predicted octanol–water partition coefficient (Wildman–Crippen LogP) is 2.88. The van der Waals surface area contributed by atoms with Gasteiger partial charge in [0.2, 0.25) is 5.88 Å². The van der Waals surface area contributed by atoms with Gasteiger partial charge in [0.25, 0.3) is 0 Å². The Bertz CT molecular complexity index is 797. The SMILES string of the molecule is CCOc1ccc2[nH]c(C3COc4ccccc43)nc2n1. The minimum absolute atomic E-state index is 0.131. The normalized spacial score (nSPS) is 16.7. The van der Waals surface area contributed by atoms with Gasteiger partial charge >= 0.3 is 0 Å². The quantitative estimate of drug-likeness (QED) is 0.802. The highest BCUT2D eigenvalue weighted by atomic mass is 16.5. The third-order valence-electron chi connectivity index (χ3n) is 3.66. The molecule has 5 heteroatoms. The topological polar surface area (TPSA) is 60.0 Å². The Labute approximate surface area is 121 Å². The molecule has 1 unspecified atom stereocenters. The highest BCUT2D eigenvalue weighted by Crippen LogP contribution is 2.37. The molecule has 5 nitrogen and oxygen atoms in total. The number of nitrogens with one attached hydrogen (secondary N) is 1. The lowest BCUT2D eigenvalue weighted by Gasteiger charge is -2.03. The summed E-state index contributed by atoms with van der Waals surface area (Å²) in [5.41, 5.74) is 2.76. The highest BCUT2D eigenvalue weighted by molar-refractivity contribution is 5.71.